The van der Waals surface area contributed by atoms with Crippen molar-refractivity contribution in [2.24, 2.45) is 0 Å². The number of ether oxygens (including phenoxy) is 4. The van der Waals surface area contributed by atoms with Crippen LogP contribution < -0.4 is 61.5 Å². The van der Waals surface area contributed by atoms with Crippen LogP contribution in [0.4, 0.5) is 34.1 Å². The van der Waals surface area contributed by atoms with Crippen molar-refractivity contribution in [1.82, 2.24) is 0 Å². The molecule has 0 saturated heterocycles. The fourth-order valence-electron chi connectivity index (χ4n) is 14.5. The van der Waals surface area contributed by atoms with Gasteiger partial charge in [0.05, 0.1) is 34.1 Å². The number of fused-ring (bicyclic) bond motifs is 14. The number of hydrogen-bond acceptors (Lipinski definition) is 6. The summed E-state index contributed by atoms with van der Waals surface area (Å²) in [4.78, 5) is 4.91. The van der Waals surface area contributed by atoms with E-state index in [1.165, 1.54) is 0 Å². The smallest absolute Gasteiger partial charge is 0.256 e. The highest BCUT2D eigenvalue weighted by atomic mass is 16.5. The van der Waals surface area contributed by atoms with Gasteiger partial charge in [0, 0.05) is 10.9 Å². The molecule has 0 saturated carbocycles. The van der Waals surface area contributed by atoms with Gasteiger partial charge in [-0.25, -0.2) is 0 Å². The Kier molecular flexibility index (Phi) is 9.98. The van der Waals surface area contributed by atoms with E-state index in [1.54, 1.807) is 0 Å². The molecule has 0 radical (unpaired) electrons. The van der Waals surface area contributed by atoms with Crippen LogP contribution in [0.2, 0.25) is 0 Å². The van der Waals surface area contributed by atoms with E-state index in [4.69, 9.17) is 18.9 Å². The van der Waals surface area contributed by atoms with Gasteiger partial charge >= 0.3 is 0 Å². The zero-order valence-electron chi connectivity index (χ0n) is 46.2. The van der Waals surface area contributed by atoms with Crippen molar-refractivity contribution in [2.45, 2.75) is 0 Å². The molecule has 0 N–H and O–H groups in total. The molecule has 6 nitrogen and oxygen atoms in total. The Morgan fingerprint density at radius 3 is 0.849 bits per heavy atom. The van der Waals surface area contributed by atoms with Crippen LogP contribution in [-0.2, 0) is 0 Å². The van der Waals surface area contributed by atoms with Gasteiger partial charge in [-0.1, -0.05) is 231 Å². The maximum Gasteiger partial charge on any atom is 0.256 e. The molecule has 398 valence electrons. The summed E-state index contributed by atoms with van der Waals surface area (Å²) in [6.45, 7) is -0.717. The summed E-state index contributed by atoms with van der Waals surface area (Å²) in [7, 11) is 0. The van der Waals surface area contributed by atoms with E-state index in [-0.39, 0.29) is 13.4 Å². The van der Waals surface area contributed by atoms with Crippen LogP contribution in [0.15, 0.2) is 279 Å². The topological polar surface area (TPSA) is 43.4 Å². The van der Waals surface area contributed by atoms with Gasteiger partial charge in [0.15, 0.2) is 23.0 Å². The Morgan fingerprint density at radius 2 is 0.500 bits per heavy atom. The zero-order valence-corrected chi connectivity index (χ0v) is 46.2. The first-order chi connectivity index (χ1) is 42.6. The lowest BCUT2D eigenvalue weighted by Crippen LogP contribution is -2.64. The summed E-state index contributed by atoms with van der Waals surface area (Å²) < 4.78 is 30.7. The van der Waals surface area contributed by atoms with Gasteiger partial charge in [0.1, 0.15) is 23.0 Å². The average Bonchev–Trinajstić information content (AvgIpc) is 0.682. The largest absolute Gasteiger partial charge is 0.456 e. The molecule has 0 spiro atoms. The quantitative estimate of drug-likeness (QED) is 0.155. The van der Waals surface area contributed by atoms with E-state index in [0.29, 0.717) is 0 Å². The molecule has 0 amide bonds. The molecular weight excluding hydrogens is 1050 g/mol. The van der Waals surface area contributed by atoms with Gasteiger partial charge in [-0.05, 0) is 137 Å². The van der Waals surface area contributed by atoms with E-state index in [1.807, 2.05) is 0 Å². The fraction of sp³-hybridized carbons (Fsp3) is 0. The van der Waals surface area contributed by atoms with Crippen molar-refractivity contribution in [2.75, 3.05) is 9.80 Å². The molecular formula is C78H46B2N2O4. The predicted molar refractivity (Wildman–Crippen MR) is 351 cm³/mol. The zero-order chi connectivity index (χ0) is 56.1. The summed E-state index contributed by atoms with van der Waals surface area (Å²) in [6.07, 6.45) is 0. The Bertz CT molecular complexity index is 4690. The van der Waals surface area contributed by atoms with Crippen LogP contribution in [0.25, 0.3) is 66.8 Å². The Morgan fingerprint density at radius 1 is 0.209 bits per heavy atom. The van der Waals surface area contributed by atoms with Crippen molar-refractivity contribution in [3.63, 3.8) is 0 Å². The van der Waals surface area contributed by atoms with Gasteiger partial charge in [-0.3, -0.25) is 0 Å². The van der Waals surface area contributed by atoms with Crippen LogP contribution >= 0.6 is 0 Å². The molecule has 6 heterocycles. The number of anilines is 6. The first kappa shape index (κ1) is 47.3. The number of rotatable bonds is 6. The van der Waals surface area contributed by atoms with Crippen molar-refractivity contribution in [1.29, 1.82) is 0 Å². The summed E-state index contributed by atoms with van der Waals surface area (Å²) in [5.74, 6) is 6.15. The molecule has 0 bridgehead atoms. The Hall–Kier alpha value is -11.2. The maximum atomic E-state index is 7.92. The van der Waals surface area contributed by atoms with Gasteiger partial charge in [-0.15, -0.1) is 0 Å². The molecule has 0 fully saturated rings. The lowest BCUT2D eigenvalue weighted by atomic mass is 9.31. The van der Waals surface area contributed by atoms with Crippen molar-refractivity contribution >= 4 is 80.3 Å². The molecule has 0 atom stereocenters. The number of benzene rings is 13. The normalized spacial score (nSPS) is 13.4. The third-order valence-corrected chi connectivity index (χ3v) is 18.3. The summed E-state index contributed by atoms with van der Waals surface area (Å²) in [5, 5.41) is 0. The lowest BCUT2D eigenvalue weighted by molar-refractivity contribution is 0.467. The highest BCUT2D eigenvalue weighted by molar-refractivity contribution is 7.02. The summed E-state index contributed by atoms with van der Waals surface area (Å²) in [6, 6.07) is 99.9. The van der Waals surface area contributed by atoms with Gasteiger partial charge in [-0.2, -0.15) is 0 Å². The molecule has 13 aromatic carbocycles. The molecule has 6 aliphatic heterocycles. The van der Waals surface area contributed by atoms with E-state index >= 15 is 0 Å². The van der Waals surface area contributed by atoms with Gasteiger partial charge in [0.25, 0.3) is 13.4 Å². The molecule has 8 heteroatoms. The fourth-order valence-corrected chi connectivity index (χ4v) is 14.5. The molecule has 19 rings (SSSR count). The van der Waals surface area contributed by atoms with Gasteiger partial charge in [0.2, 0.25) is 0 Å². The third kappa shape index (κ3) is 6.92. The highest BCUT2D eigenvalue weighted by Crippen LogP contribution is 2.62. The minimum absolute atomic E-state index is 0.359. The highest BCUT2D eigenvalue weighted by Gasteiger charge is 2.55. The second kappa shape index (κ2) is 18.1. The van der Waals surface area contributed by atoms with E-state index in [9.17, 15) is 0 Å². The molecule has 86 heavy (non-hydrogen) atoms. The third-order valence-electron chi connectivity index (χ3n) is 18.3. The lowest BCUT2D eigenvalue weighted by Gasteiger charge is -2.49. The van der Waals surface area contributed by atoms with Crippen LogP contribution in [0.5, 0.6) is 46.0 Å². The van der Waals surface area contributed by atoms with Crippen molar-refractivity contribution in [3.8, 4) is 113 Å². The molecule has 0 aliphatic carbocycles. The minimum Gasteiger partial charge on any atom is -0.456 e. The Labute approximate surface area is 498 Å². The van der Waals surface area contributed by atoms with Crippen LogP contribution in [0.3, 0.4) is 0 Å². The first-order valence-electron chi connectivity index (χ1n) is 29.4. The molecule has 13 aromatic rings. The van der Waals surface area contributed by atoms with E-state index in [0.717, 1.165) is 180 Å². The van der Waals surface area contributed by atoms with Crippen LogP contribution in [0.1, 0.15) is 0 Å². The van der Waals surface area contributed by atoms with E-state index in [2.05, 4.69) is 289 Å². The van der Waals surface area contributed by atoms with Crippen molar-refractivity contribution < 1.29 is 18.9 Å². The SMILES string of the molecule is c1ccc(-c2ccc3c(c2)Oc2cc(-c4ccccc4)cc4c2N3c2c3c5c(c6c2B4c2cc(-c4ccccc4)ccc2O6)N2c4ccc(-c6ccccc6)cc4Oc4cc(-c6ccccc6)cc(c42)B5c2cc(-c4ccccc4)ccc2O3)cc1. The molecule has 0 unspecified atom stereocenters. The second-order valence-corrected chi connectivity index (χ2v) is 23.0. The molecule has 6 aliphatic rings. The summed E-state index contributed by atoms with van der Waals surface area (Å²) >= 11 is 0. The maximum absolute atomic E-state index is 7.92. The predicted octanol–water partition coefficient (Wildman–Crippen LogP) is 16.7. The number of nitrogens with zero attached hydrogens (tertiary/aromatic N) is 2. The first-order valence-corrected chi connectivity index (χ1v) is 29.4. The minimum atomic E-state index is -0.359. The van der Waals surface area contributed by atoms with Gasteiger partial charge < -0.3 is 28.7 Å². The average molecular weight is 1100 g/mol. The summed E-state index contributed by atoms with van der Waals surface area (Å²) in [5.41, 5.74) is 25.1. The second-order valence-electron chi connectivity index (χ2n) is 23.0. The van der Waals surface area contributed by atoms with Crippen LogP contribution in [0, 0.1) is 0 Å². The van der Waals surface area contributed by atoms with Crippen molar-refractivity contribution in [3.05, 3.63) is 279 Å². The van der Waals surface area contributed by atoms with E-state index < -0.39 is 0 Å². The van der Waals surface area contributed by atoms with Crippen LogP contribution in [-0.4, -0.2) is 13.4 Å². The molecule has 0 aromatic heterocycles. The monoisotopic (exact) mass is 1100 g/mol. The number of hydrogen-bond donors (Lipinski definition) is 0. The standard InChI is InChI=1S/C78H46B2N2O4/c1-7-19-47(20-8-1)53-33-37-65-59(39-53)79-61-41-57(51-27-15-5-16-28-51)45-69-73(61)81(63-35-31-55(43-67(63)83-69)49-23-11-3-12-24-49)75-71(79)77(85-65)76-72-78(75)86-66-38-34-54(48-21-9-2-10-22-48)40-60(66)80(72)62-42-58(52-29-17-6-18-30-52)46-70-74(62)82(76)64-36-32-56(44-68(64)84-70)50-25-13-4-14-26-50/h1-46H. The Balaban J connectivity index is 0.964.